The molecule has 126 valence electrons. The van der Waals surface area contributed by atoms with Gasteiger partial charge < -0.3 is 14.2 Å². The number of aromatic nitrogens is 1. The zero-order valence-corrected chi connectivity index (χ0v) is 14.3. The molecule has 0 radical (unpaired) electrons. The molecule has 1 aliphatic rings. The van der Waals surface area contributed by atoms with Crippen LogP contribution in [-0.4, -0.2) is 31.7 Å². The molecule has 0 fully saturated rings. The van der Waals surface area contributed by atoms with Crippen molar-refractivity contribution in [1.29, 1.82) is 0 Å². The van der Waals surface area contributed by atoms with E-state index in [1.54, 1.807) is 14.2 Å². The molecular weight excluding hydrogens is 328 g/mol. The van der Waals surface area contributed by atoms with Crippen molar-refractivity contribution >= 4 is 22.4 Å². The Labute approximate surface area is 144 Å². The number of anilines is 1. The third kappa shape index (κ3) is 3.51. The average molecular weight is 346 g/mol. The van der Waals surface area contributed by atoms with Crippen LogP contribution in [0.2, 0.25) is 0 Å². The number of nitrogens with one attached hydrogen (secondary N) is 1. The summed E-state index contributed by atoms with van der Waals surface area (Å²) >= 11 is 1.36. The lowest BCUT2D eigenvalue weighted by Crippen LogP contribution is -2.17. The fourth-order valence-corrected chi connectivity index (χ4v) is 3.08. The third-order valence-corrected chi connectivity index (χ3v) is 4.39. The predicted molar refractivity (Wildman–Crippen MR) is 92.6 cm³/mol. The van der Waals surface area contributed by atoms with Crippen LogP contribution in [0.15, 0.2) is 35.4 Å². The molecule has 0 saturated carbocycles. The average Bonchev–Trinajstić information content (AvgIpc) is 3.10. The minimum atomic E-state index is -0.173. The van der Waals surface area contributed by atoms with Crippen LogP contribution in [0.5, 0.6) is 11.5 Å². The molecule has 3 rings (SSSR count). The molecule has 1 aromatic carbocycles. The Morgan fingerprint density at radius 1 is 1.33 bits per heavy atom. The van der Waals surface area contributed by atoms with Crippen molar-refractivity contribution in [1.82, 2.24) is 4.98 Å². The smallest absolute Gasteiger partial charge is 0.256 e. The molecule has 1 aliphatic heterocycles. The first kappa shape index (κ1) is 16.3. The van der Waals surface area contributed by atoms with E-state index in [0.29, 0.717) is 35.2 Å². The molecule has 1 aromatic heterocycles. The van der Waals surface area contributed by atoms with Crippen LogP contribution in [-0.2, 0) is 9.53 Å². The Balaban J connectivity index is 1.80. The molecule has 1 amide bonds. The van der Waals surface area contributed by atoms with Gasteiger partial charge in [0.05, 0.1) is 38.4 Å². The van der Waals surface area contributed by atoms with Crippen LogP contribution in [0, 0.1) is 0 Å². The van der Waals surface area contributed by atoms with Gasteiger partial charge in [-0.2, -0.15) is 0 Å². The van der Waals surface area contributed by atoms with E-state index in [1.165, 1.54) is 17.6 Å². The molecule has 0 atom stereocenters. The molecule has 0 spiro atoms. The maximum Gasteiger partial charge on any atom is 0.256 e. The Kier molecular flexibility index (Phi) is 5.00. The summed E-state index contributed by atoms with van der Waals surface area (Å²) in [6.45, 7) is 0.661. The number of carbonyl (C=O) groups excluding carboxylic acids is 1. The van der Waals surface area contributed by atoms with Crippen molar-refractivity contribution < 1.29 is 19.0 Å². The Hall–Kier alpha value is -2.54. The summed E-state index contributed by atoms with van der Waals surface area (Å²) in [5.41, 5.74) is 2.17. The van der Waals surface area contributed by atoms with Crippen LogP contribution in [0.4, 0.5) is 5.13 Å². The fourth-order valence-electron chi connectivity index (χ4n) is 2.38. The number of hydrogen-bond acceptors (Lipinski definition) is 6. The van der Waals surface area contributed by atoms with Crippen molar-refractivity contribution in [2.75, 3.05) is 26.1 Å². The van der Waals surface area contributed by atoms with Gasteiger partial charge >= 0.3 is 0 Å². The lowest BCUT2D eigenvalue weighted by molar-refractivity contribution is -0.113. The highest BCUT2D eigenvalue weighted by Gasteiger charge is 2.16. The predicted octanol–water partition coefficient (Wildman–Crippen LogP) is 3.46. The minimum absolute atomic E-state index is 0.173. The second kappa shape index (κ2) is 7.35. The molecule has 6 nitrogen and oxygen atoms in total. The van der Waals surface area contributed by atoms with Crippen molar-refractivity contribution in [3.05, 3.63) is 35.4 Å². The van der Waals surface area contributed by atoms with Crippen molar-refractivity contribution in [3.63, 3.8) is 0 Å². The molecule has 0 bridgehead atoms. The summed E-state index contributed by atoms with van der Waals surface area (Å²) in [7, 11) is 3.22. The number of rotatable bonds is 5. The first-order valence-electron chi connectivity index (χ1n) is 7.51. The van der Waals surface area contributed by atoms with Crippen LogP contribution in [0.1, 0.15) is 12.8 Å². The van der Waals surface area contributed by atoms with Crippen molar-refractivity contribution in [2.24, 2.45) is 0 Å². The summed E-state index contributed by atoms with van der Waals surface area (Å²) in [4.78, 5) is 16.7. The van der Waals surface area contributed by atoms with E-state index < -0.39 is 0 Å². The Bertz CT molecular complexity index is 770. The van der Waals surface area contributed by atoms with Gasteiger partial charge in [-0.25, -0.2) is 4.98 Å². The molecule has 0 saturated heterocycles. The zero-order valence-electron chi connectivity index (χ0n) is 13.5. The molecule has 7 heteroatoms. The second-order valence-electron chi connectivity index (χ2n) is 5.18. The topological polar surface area (TPSA) is 69.7 Å². The molecular formula is C17H18N2O4S. The van der Waals surface area contributed by atoms with Gasteiger partial charge in [0.2, 0.25) is 0 Å². The highest BCUT2D eigenvalue weighted by atomic mass is 32.1. The normalized spacial score (nSPS) is 13.7. The number of thiazole rings is 1. The van der Waals surface area contributed by atoms with E-state index in [4.69, 9.17) is 14.2 Å². The number of nitrogens with zero attached hydrogens (tertiary/aromatic N) is 1. The quantitative estimate of drug-likeness (QED) is 0.898. The number of methoxy groups -OCH3 is 2. The van der Waals surface area contributed by atoms with Gasteiger partial charge in [0.15, 0.2) is 5.13 Å². The minimum Gasteiger partial charge on any atom is -0.501 e. The van der Waals surface area contributed by atoms with Gasteiger partial charge in [-0.15, -0.1) is 11.3 Å². The van der Waals surface area contributed by atoms with Crippen LogP contribution >= 0.6 is 11.3 Å². The molecule has 2 aromatic rings. The van der Waals surface area contributed by atoms with E-state index in [2.05, 4.69) is 10.3 Å². The largest absolute Gasteiger partial charge is 0.501 e. The summed E-state index contributed by atoms with van der Waals surface area (Å²) in [5, 5.41) is 5.22. The van der Waals surface area contributed by atoms with Gasteiger partial charge in [-0.1, -0.05) is 0 Å². The van der Waals surface area contributed by atoms with E-state index in [-0.39, 0.29) is 5.91 Å². The number of ether oxygens (including phenoxy) is 3. The first-order valence-corrected chi connectivity index (χ1v) is 8.39. The molecule has 0 aliphatic carbocycles. The maximum atomic E-state index is 12.2. The summed E-state index contributed by atoms with van der Waals surface area (Å²) in [6, 6.07) is 5.51. The van der Waals surface area contributed by atoms with Crippen LogP contribution in [0.3, 0.4) is 0 Å². The number of amides is 1. The SMILES string of the molecule is COc1ccc(OC)c(-c2csc(NC(=O)C3=COCCC3)n2)c1. The molecule has 2 heterocycles. The van der Waals surface area contributed by atoms with E-state index >= 15 is 0 Å². The summed E-state index contributed by atoms with van der Waals surface area (Å²) in [5.74, 6) is 1.24. The zero-order chi connectivity index (χ0) is 16.9. The lowest BCUT2D eigenvalue weighted by Gasteiger charge is -2.12. The highest BCUT2D eigenvalue weighted by molar-refractivity contribution is 7.14. The van der Waals surface area contributed by atoms with Crippen molar-refractivity contribution in [2.45, 2.75) is 12.8 Å². The summed E-state index contributed by atoms with van der Waals surface area (Å²) in [6.07, 6.45) is 3.09. The van der Waals surface area contributed by atoms with Crippen molar-refractivity contribution in [3.8, 4) is 22.8 Å². The fraction of sp³-hybridized carbons (Fsp3) is 0.294. The van der Waals surface area contributed by atoms with Crippen LogP contribution < -0.4 is 14.8 Å². The lowest BCUT2D eigenvalue weighted by atomic mass is 10.1. The maximum absolute atomic E-state index is 12.2. The van der Waals surface area contributed by atoms with E-state index in [1.807, 2.05) is 23.6 Å². The highest BCUT2D eigenvalue weighted by Crippen LogP contribution is 2.35. The Morgan fingerprint density at radius 2 is 2.21 bits per heavy atom. The van der Waals surface area contributed by atoms with Gasteiger partial charge in [0.25, 0.3) is 5.91 Å². The summed E-state index contributed by atoms with van der Waals surface area (Å²) < 4.78 is 15.8. The number of carbonyl (C=O) groups is 1. The van der Waals surface area contributed by atoms with Gasteiger partial charge in [0.1, 0.15) is 11.5 Å². The molecule has 24 heavy (non-hydrogen) atoms. The Morgan fingerprint density at radius 3 is 2.92 bits per heavy atom. The van der Waals surface area contributed by atoms with Crippen LogP contribution in [0.25, 0.3) is 11.3 Å². The standard InChI is InChI=1S/C17H18N2O4S/c1-21-12-5-6-15(22-2)13(8-12)14-10-24-17(18-14)19-16(20)11-4-3-7-23-9-11/h5-6,8-10H,3-4,7H2,1-2H3,(H,18,19,20). The molecule has 0 unspecified atom stereocenters. The first-order chi connectivity index (χ1) is 11.7. The second-order valence-corrected chi connectivity index (χ2v) is 6.03. The van der Waals surface area contributed by atoms with Gasteiger partial charge in [-0.05, 0) is 31.0 Å². The van der Waals surface area contributed by atoms with Gasteiger partial charge in [-0.3, -0.25) is 10.1 Å². The number of hydrogen-bond donors (Lipinski definition) is 1. The molecule has 1 N–H and O–H groups in total. The number of benzene rings is 1. The van der Waals surface area contributed by atoms with E-state index in [0.717, 1.165) is 17.7 Å². The van der Waals surface area contributed by atoms with Gasteiger partial charge in [0, 0.05) is 10.9 Å². The monoisotopic (exact) mass is 346 g/mol. The van der Waals surface area contributed by atoms with E-state index in [9.17, 15) is 4.79 Å². The third-order valence-electron chi connectivity index (χ3n) is 3.63.